The van der Waals surface area contributed by atoms with Crippen LogP contribution in [-0.4, -0.2) is 24.3 Å². The van der Waals surface area contributed by atoms with E-state index in [-0.39, 0.29) is 22.4 Å². The number of halogens is 1. The lowest BCUT2D eigenvalue weighted by atomic mass is 10.2. The van der Waals surface area contributed by atoms with Crippen LogP contribution >= 0.6 is 22.9 Å². The molecule has 1 aromatic carbocycles. The maximum Gasteiger partial charge on any atom is 0.263 e. The number of rotatable bonds is 7. The van der Waals surface area contributed by atoms with Crippen LogP contribution in [0.2, 0.25) is 5.02 Å². The first-order valence-corrected chi connectivity index (χ1v) is 10.5. The van der Waals surface area contributed by atoms with Crippen LogP contribution in [-0.2, 0) is 27.8 Å². The fourth-order valence-electron chi connectivity index (χ4n) is 2.15. The fraction of sp³-hybridized carbons (Fsp3) is 0.118. The van der Waals surface area contributed by atoms with Crippen LogP contribution in [0.25, 0.3) is 0 Å². The Morgan fingerprint density at radius 3 is 2.67 bits per heavy atom. The molecule has 0 atom stereocenters. The van der Waals surface area contributed by atoms with Gasteiger partial charge in [-0.3, -0.25) is 14.5 Å². The Balaban J connectivity index is 1.58. The largest absolute Gasteiger partial charge is 0.352 e. The quantitative estimate of drug-likeness (QED) is 0.609. The van der Waals surface area contributed by atoms with Crippen LogP contribution in [0.3, 0.4) is 0 Å². The zero-order chi connectivity index (χ0) is 19.3. The van der Waals surface area contributed by atoms with Crippen LogP contribution in [0.4, 0.5) is 5.13 Å². The van der Waals surface area contributed by atoms with Crippen molar-refractivity contribution >= 4 is 44.0 Å². The van der Waals surface area contributed by atoms with E-state index < -0.39 is 10.0 Å². The number of thiazole rings is 1. The molecule has 0 spiro atoms. The lowest BCUT2D eigenvalue weighted by Gasteiger charge is -2.05. The SMILES string of the molecule is O=C(Cc1csc(NS(=O)(=O)c2ccc(Cl)cc2)n1)NCc1cccnc1. The Morgan fingerprint density at radius 1 is 1.19 bits per heavy atom. The van der Waals surface area contributed by atoms with E-state index in [1.807, 2.05) is 6.07 Å². The van der Waals surface area contributed by atoms with E-state index in [0.717, 1.165) is 16.9 Å². The molecule has 2 aromatic heterocycles. The van der Waals surface area contributed by atoms with Crippen molar-refractivity contribution in [2.75, 3.05) is 4.72 Å². The van der Waals surface area contributed by atoms with Gasteiger partial charge < -0.3 is 5.32 Å². The molecule has 0 unspecified atom stereocenters. The summed E-state index contributed by atoms with van der Waals surface area (Å²) >= 11 is 6.88. The van der Waals surface area contributed by atoms with Gasteiger partial charge in [0, 0.05) is 29.3 Å². The van der Waals surface area contributed by atoms with E-state index in [0.29, 0.717) is 17.3 Å². The zero-order valence-electron chi connectivity index (χ0n) is 13.9. The normalized spacial score (nSPS) is 11.1. The van der Waals surface area contributed by atoms with Crippen LogP contribution in [0.1, 0.15) is 11.3 Å². The number of hydrogen-bond acceptors (Lipinski definition) is 6. The summed E-state index contributed by atoms with van der Waals surface area (Å²) in [4.78, 5) is 20.2. The van der Waals surface area contributed by atoms with Crippen molar-refractivity contribution in [2.24, 2.45) is 0 Å². The zero-order valence-corrected chi connectivity index (χ0v) is 16.3. The lowest BCUT2D eigenvalue weighted by Crippen LogP contribution is -2.24. The van der Waals surface area contributed by atoms with Gasteiger partial charge in [0.05, 0.1) is 17.0 Å². The summed E-state index contributed by atoms with van der Waals surface area (Å²) in [5, 5.41) is 5.05. The monoisotopic (exact) mass is 422 g/mol. The van der Waals surface area contributed by atoms with Gasteiger partial charge in [0.2, 0.25) is 5.91 Å². The average Bonchev–Trinajstić information content (AvgIpc) is 3.07. The van der Waals surface area contributed by atoms with E-state index in [2.05, 4.69) is 20.0 Å². The minimum Gasteiger partial charge on any atom is -0.352 e. The van der Waals surface area contributed by atoms with E-state index >= 15 is 0 Å². The predicted molar refractivity (Wildman–Crippen MR) is 104 cm³/mol. The molecule has 0 aliphatic heterocycles. The lowest BCUT2D eigenvalue weighted by molar-refractivity contribution is -0.120. The average molecular weight is 423 g/mol. The van der Waals surface area contributed by atoms with E-state index in [1.54, 1.807) is 23.8 Å². The molecule has 3 rings (SSSR count). The number of anilines is 1. The third-order valence-electron chi connectivity index (χ3n) is 3.45. The van der Waals surface area contributed by atoms with Crippen LogP contribution < -0.4 is 10.0 Å². The number of aromatic nitrogens is 2. The molecule has 0 radical (unpaired) electrons. The Labute approximate surface area is 165 Å². The standard InChI is InChI=1S/C17H15ClN4O3S2/c18-13-3-5-15(6-4-13)27(24,25)22-17-21-14(11-26-17)8-16(23)20-10-12-2-1-7-19-9-12/h1-7,9,11H,8,10H2,(H,20,23)(H,21,22). The van der Waals surface area contributed by atoms with E-state index in [4.69, 9.17) is 11.6 Å². The highest BCUT2D eigenvalue weighted by atomic mass is 35.5. The summed E-state index contributed by atoms with van der Waals surface area (Å²) < 4.78 is 27.1. The van der Waals surface area contributed by atoms with Crippen molar-refractivity contribution in [3.05, 3.63) is 70.5 Å². The van der Waals surface area contributed by atoms with Gasteiger partial charge in [-0.15, -0.1) is 11.3 Å². The molecule has 2 N–H and O–H groups in total. The van der Waals surface area contributed by atoms with Gasteiger partial charge in [-0.25, -0.2) is 13.4 Å². The first kappa shape index (κ1) is 19.3. The third kappa shape index (κ3) is 5.49. The second-order valence-electron chi connectivity index (χ2n) is 5.52. The highest BCUT2D eigenvalue weighted by Crippen LogP contribution is 2.21. The van der Waals surface area contributed by atoms with Gasteiger partial charge >= 0.3 is 0 Å². The molecule has 0 aliphatic rings. The maximum absolute atomic E-state index is 12.3. The van der Waals surface area contributed by atoms with Gasteiger partial charge in [-0.2, -0.15) is 0 Å². The number of sulfonamides is 1. The van der Waals surface area contributed by atoms with Crippen molar-refractivity contribution in [3.8, 4) is 0 Å². The first-order chi connectivity index (χ1) is 12.9. The van der Waals surface area contributed by atoms with Crippen molar-refractivity contribution in [2.45, 2.75) is 17.9 Å². The molecular weight excluding hydrogens is 408 g/mol. The third-order valence-corrected chi connectivity index (χ3v) is 5.99. The Bertz CT molecular complexity index is 1020. The van der Waals surface area contributed by atoms with E-state index in [9.17, 15) is 13.2 Å². The topological polar surface area (TPSA) is 101 Å². The maximum atomic E-state index is 12.3. The van der Waals surface area contributed by atoms with Crippen LogP contribution in [0, 0.1) is 0 Å². The van der Waals surface area contributed by atoms with Gasteiger partial charge in [0.15, 0.2) is 5.13 Å². The number of nitrogens with one attached hydrogen (secondary N) is 2. The van der Waals surface area contributed by atoms with Gasteiger partial charge in [0.25, 0.3) is 10.0 Å². The Morgan fingerprint density at radius 2 is 1.96 bits per heavy atom. The molecule has 1 amide bonds. The summed E-state index contributed by atoms with van der Waals surface area (Å²) in [6.07, 6.45) is 3.39. The molecule has 0 fully saturated rings. The van der Waals surface area contributed by atoms with Crippen molar-refractivity contribution in [1.29, 1.82) is 0 Å². The van der Waals surface area contributed by atoms with Crippen molar-refractivity contribution in [3.63, 3.8) is 0 Å². The van der Waals surface area contributed by atoms with Gasteiger partial charge in [-0.1, -0.05) is 17.7 Å². The summed E-state index contributed by atoms with van der Waals surface area (Å²) in [5.41, 5.74) is 1.37. The van der Waals surface area contributed by atoms with Crippen LogP contribution in [0.5, 0.6) is 0 Å². The number of carbonyl (C=O) groups excluding carboxylic acids is 1. The second-order valence-corrected chi connectivity index (χ2v) is 8.50. The number of benzene rings is 1. The van der Waals surface area contributed by atoms with Gasteiger partial charge in [0.1, 0.15) is 0 Å². The molecule has 7 nitrogen and oxygen atoms in total. The smallest absolute Gasteiger partial charge is 0.263 e. The van der Waals surface area contributed by atoms with Crippen molar-refractivity contribution < 1.29 is 13.2 Å². The summed E-state index contributed by atoms with van der Waals surface area (Å²) in [7, 11) is -3.76. The molecule has 0 bridgehead atoms. The minimum atomic E-state index is -3.76. The number of hydrogen-bond donors (Lipinski definition) is 2. The number of pyridine rings is 1. The summed E-state index contributed by atoms with van der Waals surface area (Å²) in [6.45, 7) is 0.368. The van der Waals surface area contributed by atoms with Crippen LogP contribution in [0.15, 0.2) is 59.1 Å². The fourth-order valence-corrected chi connectivity index (χ4v) is 4.24. The van der Waals surface area contributed by atoms with Gasteiger partial charge in [-0.05, 0) is 35.9 Å². The Kier molecular flexibility index (Phi) is 6.04. The summed E-state index contributed by atoms with van der Waals surface area (Å²) in [6, 6.07) is 9.46. The minimum absolute atomic E-state index is 0.0550. The molecule has 10 heteroatoms. The van der Waals surface area contributed by atoms with Crippen molar-refractivity contribution in [1.82, 2.24) is 15.3 Å². The molecule has 0 aliphatic carbocycles. The molecule has 3 aromatic rings. The molecule has 0 saturated carbocycles. The second kappa shape index (κ2) is 8.47. The molecule has 27 heavy (non-hydrogen) atoms. The predicted octanol–water partition coefficient (Wildman–Crippen LogP) is 2.85. The molecule has 2 heterocycles. The number of amides is 1. The highest BCUT2D eigenvalue weighted by molar-refractivity contribution is 7.93. The molecule has 140 valence electrons. The number of carbonyl (C=O) groups is 1. The Hall–Kier alpha value is -2.49. The summed E-state index contributed by atoms with van der Waals surface area (Å²) in [5.74, 6) is -0.212. The number of nitrogens with zero attached hydrogens (tertiary/aromatic N) is 2. The molecule has 0 saturated heterocycles. The molecular formula is C17H15ClN4O3S2. The highest BCUT2D eigenvalue weighted by Gasteiger charge is 2.16. The first-order valence-electron chi connectivity index (χ1n) is 7.81. The van der Waals surface area contributed by atoms with E-state index in [1.165, 1.54) is 24.3 Å².